The van der Waals surface area contributed by atoms with E-state index < -0.39 is 0 Å². The SMILES string of the molecule is CCc1nnc(NC(=O)CSc2nnc(COc3ccc(C(C)(C)C)cc3)n2CC)s1. The van der Waals surface area contributed by atoms with Gasteiger partial charge < -0.3 is 9.30 Å². The van der Waals surface area contributed by atoms with Gasteiger partial charge in [-0.2, -0.15) is 0 Å². The highest BCUT2D eigenvalue weighted by Gasteiger charge is 2.16. The number of nitrogens with zero attached hydrogens (tertiary/aromatic N) is 5. The van der Waals surface area contributed by atoms with Crippen LogP contribution in [0.3, 0.4) is 0 Å². The lowest BCUT2D eigenvalue weighted by atomic mass is 9.87. The van der Waals surface area contributed by atoms with Crippen LogP contribution in [-0.4, -0.2) is 36.6 Å². The van der Waals surface area contributed by atoms with E-state index in [4.69, 9.17) is 4.74 Å². The first-order valence-electron chi connectivity index (χ1n) is 10.2. The first-order chi connectivity index (χ1) is 14.8. The Labute approximate surface area is 190 Å². The van der Waals surface area contributed by atoms with Gasteiger partial charge >= 0.3 is 0 Å². The monoisotopic (exact) mass is 460 g/mol. The molecule has 8 nitrogen and oxygen atoms in total. The minimum absolute atomic E-state index is 0.105. The highest BCUT2D eigenvalue weighted by Crippen LogP contribution is 2.25. The van der Waals surface area contributed by atoms with E-state index in [1.54, 1.807) is 0 Å². The number of hydrogen-bond donors (Lipinski definition) is 1. The second-order valence-corrected chi connectivity index (χ2v) is 9.90. The number of rotatable bonds is 9. The molecule has 0 radical (unpaired) electrons. The number of ether oxygens (including phenoxy) is 1. The zero-order chi connectivity index (χ0) is 22.4. The molecule has 0 saturated carbocycles. The lowest BCUT2D eigenvalue weighted by Crippen LogP contribution is -2.14. The van der Waals surface area contributed by atoms with Gasteiger partial charge in [-0.25, -0.2) is 0 Å². The third-order valence-electron chi connectivity index (χ3n) is 4.55. The smallest absolute Gasteiger partial charge is 0.236 e. The number of hydrogen-bond acceptors (Lipinski definition) is 8. The summed E-state index contributed by atoms with van der Waals surface area (Å²) in [4.78, 5) is 12.2. The summed E-state index contributed by atoms with van der Waals surface area (Å²) in [6, 6.07) is 8.12. The fourth-order valence-corrected chi connectivity index (χ4v) is 4.30. The fourth-order valence-electron chi connectivity index (χ4n) is 2.78. The first kappa shape index (κ1) is 23.2. The maximum absolute atomic E-state index is 12.2. The molecule has 0 aliphatic rings. The first-order valence-corrected chi connectivity index (χ1v) is 12.0. The Hall–Kier alpha value is -2.46. The van der Waals surface area contributed by atoms with Crippen molar-refractivity contribution in [3.8, 4) is 5.75 Å². The summed E-state index contributed by atoms with van der Waals surface area (Å²) in [5.74, 6) is 1.58. The second kappa shape index (κ2) is 10.2. The van der Waals surface area contributed by atoms with Crippen LogP contribution in [0.1, 0.15) is 51.0 Å². The quantitative estimate of drug-likeness (QED) is 0.475. The molecule has 0 saturated heterocycles. The molecule has 1 aromatic carbocycles. The van der Waals surface area contributed by atoms with Gasteiger partial charge in [-0.1, -0.05) is 62.9 Å². The van der Waals surface area contributed by atoms with Crippen LogP contribution in [0.5, 0.6) is 5.75 Å². The van der Waals surface area contributed by atoms with Crippen LogP contribution in [0.4, 0.5) is 5.13 Å². The van der Waals surface area contributed by atoms with Crippen LogP contribution in [0.15, 0.2) is 29.4 Å². The lowest BCUT2D eigenvalue weighted by molar-refractivity contribution is -0.113. The van der Waals surface area contributed by atoms with Gasteiger partial charge in [0, 0.05) is 6.54 Å². The van der Waals surface area contributed by atoms with Gasteiger partial charge in [0.1, 0.15) is 17.4 Å². The van der Waals surface area contributed by atoms with E-state index in [-0.39, 0.29) is 17.1 Å². The van der Waals surface area contributed by atoms with Crippen LogP contribution in [-0.2, 0) is 29.8 Å². The number of thioether (sulfide) groups is 1. The number of benzene rings is 1. The third-order valence-corrected chi connectivity index (χ3v) is 6.50. The van der Waals surface area contributed by atoms with Gasteiger partial charge in [-0.3, -0.25) is 10.1 Å². The molecule has 2 aromatic heterocycles. The summed E-state index contributed by atoms with van der Waals surface area (Å²) in [6.45, 7) is 11.6. The van der Waals surface area contributed by atoms with Crippen LogP contribution in [0.25, 0.3) is 0 Å². The molecule has 31 heavy (non-hydrogen) atoms. The zero-order valence-electron chi connectivity index (χ0n) is 18.5. The minimum atomic E-state index is -0.147. The topological polar surface area (TPSA) is 94.8 Å². The van der Waals surface area contributed by atoms with Crippen molar-refractivity contribution >= 4 is 34.1 Å². The number of carbonyl (C=O) groups is 1. The summed E-state index contributed by atoms with van der Waals surface area (Å²) >= 11 is 2.72. The predicted octanol–water partition coefficient (Wildman–Crippen LogP) is 4.32. The van der Waals surface area contributed by atoms with Crippen LogP contribution in [0, 0.1) is 0 Å². The largest absolute Gasteiger partial charge is 0.486 e. The molecule has 2 heterocycles. The molecule has 0 unspecified atom stereocenters. The highest BCUT2D eigenvalue weighted by atomic mass is 32.2. The van der Waals surface area contributed by atoms with E-state index in [0.717, 1.165) is 23.0 Å². The zero-order valence-corrected chi connectivity index (χ0v) is 20.1. The van der Waals surface area contributed by atoms with Crippen molar-refractivity contribution in [3.05, 3.63) is 40.7 Å². The number of aryl methyl sites for hydroxylation is 1. The average molecular weight is 461 g/mol. The van der Waals surface area contributed by atoms with Crippen molar-refractivity contribution in [1.29, 1.82) is 0 Å². The third kappa shape index (κ3) is 6.27. The molecular weight excluding hydrogens is 432 g/mol. The molecule has 166 valence electrons. The van der Waals surface area contributed by atoms with Gasteiger partial charge in [0.2, 0.25) is 11.0 Å². The molecule has 10 heteroatoms. The predicted molar refractivity (Wildman–Crippen MR) is 124 cm³/mol. The molecular formula is C21H28N6O2S2. The Morgan fingerprint density at radius 1 is 1.13 bits per heavy atom. The van der Waals surface area contributed by atoms with Crippen LogP contribution in [0.2, 0.25) is 0 Å². The molecule has 0 atom stereocenters. The van der Waals surface area contributed by atoms with E-state index in [0.29, 0.717) is 23.4 Å². The van der Waals surface area contributed by atoms with Gasteiger partial charge in [0.25, 0.3) is 0 Å². The summed E-state index contributed by atoms with van der Waals surface area (Å²) in [7, 11) is 0. The van der Waals surface area contributed by atoms with Crippen molar-refractivity contribution in [2.45, 2.75) is 64.8 Å². The number of anilines is 1. The van der Waals surface area contributed by atoms with Crippen molar-refractivity contribution in [2.24, 2.45) is 0 Å². The standard InChI is InChI=1S/C21H28N6O2S2/c1-6-18-24-25-19(31-18)22-17(28)13-30-20-26-23-16(27(20)7-2)12-29-15-10-8-14(9-11-15)21(3,4)5/h8-11H,6-7,12-13H2,1-5H3,(H,22,25,28). The number of carbonyl (C=O) groups excluding carboxylic acids is 1. The number of amides is 1. The van der Waals surface area contributed by atoms with Crippen molar-refractivity contribution in [3.63, 3.8) is 0 Å². The lowest BCUT2D eigenvalue weighted by Gasteiger charge is -2.19. The van der Waals surface area contributed by atoms with Crippen molar-refractivity contribution in [1.82, 2.24) is 25.0 Å². The Bertz CT molecular complexity index is 1010. The van der Waals surface area contributed by atoms with Gasteiger partial charge in [-0.05, 0) is 36.5 Å². The van der Waals surface area contributed by atoms with Crippen LogP contribution < -0.4 is 10.1 Å². The van der Waals surface area contributed by atoms with E-state index >= 15 is 0 Å². The Morgan fingerprint density at radius 3 is 2.48 bits per heavy atom. The van der Waals surface area contributed by atoms with E-state index in [2.05, 4.69) is 58.6 Å². The number of aromatic nitrogens is 5. The molecule has 3 aromatic rings. The van der Waals surface area contributed by atoms with E-state index in [1.165, 1.54) is 28.7 Å². The summed E-state index contributed by atoms with van der Waals surface area (Å²) in [5, 5.41) is 21.3. The summed E-state index contributed by atoms with van der Waals surface area (Å²) in [6.07, 6.45) is 0.799. The van der Waals surface area contributed by atoms with Gasteiger partial charge in [0.15, 0.2) is 11.0 Å². The Kier molecular flexibility index (Phi) is 7.66. The molecule has 0 aliphatic heterocycles. The average Bonchev–Trinajstić information content (AvgIpc) is 3.36. The maximum Gasteiger partial charge on any atom is 0.236 e. The molecule has 1 amide bonds. The Balaban J connectivity index is 1.55. The molecule has 0 fully saturated rings. The minimum Gasteiger partial charge on any atom is -0.486 e. The summed E-state index contributed by atoms with van der Waals surface area (Å²) < 4.78 is 7.87. The molecule has 0 spiro atoms. The highest BCUT2D eigenvalue weighted by molar-refractivity contribution is 7.99. The normalized spacial score (nSPS) is 11.5. The molecule has 1 N–H and O–H groups in total. The van der Waals surface area contributed by atoms with E-state index in [1.807, 2.05) is 30.5 Å². The molecule has 0 bridgehead atoms. The maximum atomic E-state index is 12.2. The molecule has 0 aliphatic carbocycles. The number of nitrogens with one attached hydrogen (secondary N) is 1. The van der Waals surface area contributed by atoms with Crippen molar-refractivity contribution in [2.75, 3.05) is 11.1 Å². The fraction of sp³-hybridized carbons (Fsp3) is 0.476. The van der Waals surface area contributed by atoms with Crippen LogP contribution >= 0.6 is 23.1 Å². The molecule has 3 rings (SSSR count). The Morgan fingerprint density at radius 2 is 1.87 bits per heavy atom. The van der Waals surface area contributed by atoms with E-state index in [9.17, 15) is 4.79 Å². The summed E-state index contributed by atoms with van der Waals surface area (Å²) in [5.41, 5.74) is 1.36. The second-order valence-electron chi connectivity index (χ2n) is 7.90. The van der Waals surface area contributed by atoms with Gasteiger partial charge in [0.05, 0.1) is 5.75 Å². The van der Waals surface area contributed by atoms with Gasteiger partial charge in [-0.15, -0.1) is 20.4 Å². The van der Waals surface area contributed by atoms with Crippen molar-refractivity contribution < 1.29 is 9.53 Å².